The molecule has 4 amide bonds. The van der Waals surface area contributed by atoms with Crippen LogP contribution in [-0.4, -0.2) is 37.5 Å². The van der Waals surface area contributed by atoms with Crippen molar-refractivity contribution in [3.05, 3.63) is 61.5 Å². The maximum atomic E-state index is 12.9. The van der Waals surface area contributed by atoms with E-state index in [2.05, 4.69) is 41.9 Å². The van der Waals surface area contributed by atoms with Crippen molar-refractivity contribution in [1.82, 2.24) is 5.32 Å². The number of imide groups is 2. The first kappa shape index (κ1) is 23.0. The fourth-order valence-corrected chi connectivity index (χ4v) is 4.22. The van der Waals surface area contributed by atoms with Crippen molar-refractivity contribution in [2.45, 2.75) is 0 Å². The molecule has 1 saturated heterocycles. The van der Waals surface area contributed by atoms with Gasteiger partial charge in [-0.25, -0.2) is 14.5 Å². The van der Waals surface area contributed by atoms with E-state index in [0.29, 0.717) is 25.3 Å². The minimum atomic E-state index is -0.858. The molecule has 0 aromatic heterocycles. The minimum Gasteiger partial charge on any atom is -0.480 e. The van der Waals surface area contributed by atoms with Gasteiger partial charge in [0.1, 0.15) is 11.3 Å². The number of methoxy groups -OCH3 is 1. The van der Waals surface area contributed by atoms with Gasteiger partial charge in [-0.1, -0.05) is 11.6 Å². The number of benzene rings is 2. The van der Waals surface area contributed by atoms with Crippen molar-refractivity contribution in [1.29, 1.82) is 0 Å². The third-order valence-corrected chi connectivity index (χ3v) is 5.51. The molecule has 0 unspecified atom stereocenters. The molecule has 3 rings (SSSR count). The number of barbiturate groups is 1. The first-order valence-electron chi connectivity index (χ1n) is 8.57. The maximum absolute atomic E-state index is 12.9. The number of urea groups is 1. The molecule has 8 nitrogen and oxygen atoms in total. The molecule has 1 aliphatic heterocycles. The summed E-state index contributed by atoms with van der Waals surface area (Å²) in [4.78, 5) is 49.6. The van der Waals surface area contributed by atoms with E-state index in [9.17, 15) is 19.2 Å². The smallest absolute Gasteiger partial charge is 0.343 e. The van der Waals surface area contributed by atoms with Gasteiger partial charge in [-0.2, -0.15) is 0 Å². The van der Waals surface area contributed by atoms with E-state index in [-0.39, 0.29) is 17.9 Å². The maximum Gasteiger partial charge on any atom is 0.343 e. The van der Waals surface area contributed by atoms with Crippen LogP contribution in [0, 0.1) is 0 Å². The Hall–Kier alpha value is -2.69. The molecule has 31 heavy (non-hydrogen) atoms. The molecule has 2 aromatic carbocycles. The number of hydrogen-bond acceptors (Lipinski definition) is 6. The zero-order valence-corrected chi connectivity index (χ0v) is 19.7. The number of ether oxygens (including phenoxy) is 2. The zero-order valence-electron chi connectivity index (χ0n) is 15.8. The lowest BCUT2D eigenvalue weighted by Crippen LogP contribution is -2.54. The monoisotopic (exact) mass is 570 g/mol. The van der Waals surface area contributed by atoms with Crippen LogP contribution in [-0.2, 0) is 19.1 Å². The average molecular weight is 573 g/mol. The van der Waals surface area contributed by atoms with Gasteiger partial charge in [-0.3, -0.25) is 14.9 Å². The largest absolute Gasteiger partial charge is 0.480 e. The predicted octanol–water partition coefficient (Wildman–Crippen LogP) is 4.08. The second-order valence-corrected chi connectivity index (χ2v) is 8.26. The number of esters is 1. The molecule has 0 spiro atoms. The molecular weight excluding hydrogens is 559 g/mol. The first-order chi connectivity index (χ1) is 14.7. The summed E-state index contributed by atoms with van der Waals surface area (Å²) in [6.45, 7) is -0.298. The average Bonchev–Trinajstić information content (AvgIpc) is 2.71. The molecule has 1 N–H and O–H groups in total. The van der Waals surface area contributed by atoms with Gasteiger partial charge in [0.2, 0.25) is 0 Å². The van der Waals surface area contributed by atoms with Crippen LogP contribution in [0.5, 0.6) is 5.75 Å². The number of rotatable bonds is 5. The summed E-state index contributed by atoms with van der Waals surface area (Å²) in [5.41, 5.74) is 0.490. The quantitative estimate of drug-likeness (QED) is 0.329. The van der Waals surface area contributed by atoms with Gasteiger partial charge < -0.3 is 9.47 Å². The Morgan fingerprint density at radius 1 is 1.13 bits per heavy atom. The second kappa shape index (κ2) is 9.63. The molecule has 1 aliphatic rings. The van der Waals surface area contributed by atoms with Gasteiger partial charge in [-0.15, -0.1) is 0 Å². The summed E-state index contributed by atoms with van der Waals surface area (Å²) in [6, 6.07) is 8.36. The molecule has 0 bridgehead atoms. The summed E-state index contributed by atoms with van der Waals surface area (Å²) < 4.78 is 10.9. The summed E-state index contributed by atoms with van der Waals surface area (Å²) in [6.07, 6.45) is 1.34. The number of amides is 4. The van der Waals surface area contributed by atoms with Crippen molar-refractivity contribution in [3.63, 3.8) is 0 Å². The van der Waals surface area contributed by atoms with Gasteiger partial charge in [0.15, 0.2) is 6.61 Å². The topological polar surface area (TPSA) is 102 Å². The van der Waals surface area contributed by atoms with Gasteiger partial charge in [0.05, 0.1) is 21.7 Å². The Kier molecular flexibility index (Phi) is 7.14. The Morgan fingerprint density at radius 3 is 2.32 bits per heavy atom. The second-order valence-electron chi connectivity index (χ2n) is 6.11. The van der Waals surface area contributed by atoms with Crippen molar-refractivity contribution >= 4 is 79.0 Å². The van der Waals surface area contributed by atoms with Crippen LogP contribution in [0.15, 0.2) is 50.9 Å². The van der Waals surface area contributed by atoms with Crippen LogP contribution in [0.25, 0.3) is 6.08 Å². The lowest BCUT2D eigenvalue weighted by molar-refractivity contribution is -0.143. The Morgan fingerprint density at radius 2 is 1.74 bits per heavy atom. The van der Waals surface area contributed by atoms with E-state index in [4.69, 9.17) is 16.3 Å². The van der Waals surface area contributed by atoms with E-state index in [0.717, 1.165) is 4.90 Å². The highest BCUT2D eigenvalue weighted by Gasteiger charge is 2.36. The molecule has 0 atom stereocenters. The van der Waals surface area contributed by atoms with Gasteiger partial charge in [0.25, 0.3) is 11.8 Å². The van der Waals surface area contributed by atoms with Crippen molar-refractivity contribution in [2.24, 2.45) is 0 Å². The van der Waals surface area contributed by atoms with E-state index in [1.165, 1.54) is 37.5 Å². The van der Waals surface area contributed by atoms with Gasteiger partial charge >= 0.3 is 12.0 Å². The highest BCUT2D eigenvalue weighted by atomic mass is 79.9. The molecule has 11 heteroatoms. The molecule has 0 aliphatic carbocycles. The van der Waals surface area contributed by atoms with Crippen LogP contribution >= 0.6 is 43.5 Å². The van der Waals surface area contributed by atoms with Crippen LogP contribution in [0.2, 0.25) is 5.02 Å². The standard InChI is InChI=1S/C20H13Br2ClN2O6/c1-30-16(26)9-31-17-14(21)7-10(8-15(17)22)6-13-18(27)24-20(29)25(19(13)28)12-4-2-11(23)3-5-12/h2-8H,9H2,1H3,(H,24,27,29)/b13-6+. The third kappa shape index (κ3) is 5.15. The van der Waals surface area contributed by atoms with E-state index >= 15 is 0 Å². The lowest BCUT2D eigenvalue weighted by atomic mass is 10.1. The van der Waals surface area contributed by atoms with Crippen molar-refractivity contribution < 1.29 is 28.7 Å². The van der Waals surface area contributed by atoms with E-state index in [1.54, 1.807) is 12.1 Å². The molecule has 1 heterocycles. The Bertz CT molecular complexity index is 1090. The number of carbonyl (C=O) groups excluding carboxylic acids is 4. The number of nitrogens with zero attached hydrogens (tertiary/aromatic N) is 1. The zero-order chi connectivity index (χ0) is 22.7. The third-order valence-electron chi connectivity index (χ3n) is 4.08. The first-order valence-corrected chi connectivity index (χ1v) is 10.5. The van der Waals surface area contributed by atoms with E-state index in [1.807, 2.05) is 0 Å². The molecule has 0 radical (unpaired) electrons. The van der Waals surface area contributed by atoms with Gasteiger partial charge in [-0.05, 0) is 79.9 Å². The summed E-state index contributed by atoms with van der Waals surface area (Å²) in [7, 11) is 1.25. The Balaban J connectivity index is 1.93. The number of hydrogen-bond donors (Lipinski definition) is 1. The fourth-order valence-electron chi connectivity index (χ4n) is 2.64. The SMILES string of the molecule is COC(=O)COc1c(Br)cc(/C=C2\C(=O)NC(=O)N(c3ccc(Cl)cc3)C2=O)cc1Br. The molecular formula is C20H13Br2ClN2O6. The van der Waals surface area contributed by atoms with Crippen LogP contribution < -0.4 is 15.0 Å². The summed E-state index contributed by atoms with van der Waals surface area (Å²) >= 11 is 12.5. The number of nitrogens with one attached hydrogen (secondary N) is 1. The molecule has 0 saturated carbocycles. The number of carbonyl (C=O) groups is 4. The summed E-state index contributed by atoms with van der Waals surface area (Å²) in [5.74, 6) is -1.82. The van der Waals surface area contributed by atoms with Gasteiger partial charge in [0, 0.05) is 5.02 Å². The normalized spacial score (nSPS) is 15.2. The number of halogens is 3. The fraction of sp³-hybridized carbons (Fsp3) is 0.100. The van der Waals surface area contributed by atoms with Crippen LogP contribution in [0.3, 0.4) is 0 Å². The Labute approximate surface area is 198 Å². The van der Waals surface area contributed by atoms with Crippen LogP contribution in [0.1, 0.15) is 5.56 Å². The lowest BCUT2D eigenvalue weighted by Gasteiger charge is -2.26. The minimum absolute atomic E-state index is 0.239. The molecule has 2 aromatic rings. The highest BCUT2D eigenvalue weighted by molar-refractivity contribution is 9.11. The van der Waals surface area contributed by atoms with Crippen LogP contribution in [0.4, 0.5) is 10.5 Å². The number of anilines is 1. The predicted molar refractivity (Wildman–Crippen MR) is 120 cm³/mol. The van der Waals surface area contributed by atoms with Crippen molar-refractivity contribution in [2.75, 3.05) is 18.6 Å². The summed E-state index contributed by atoms with van der Waals surface area (Å²) in [5, 5.41) is 2.58. The molecule has 160 valence electrons. The highest BCUT2D eigenvalue weighted by Crippen LogP contribution is 2.36. The molecule has 1 fully saturated rings. The van der Waals surface area contributed by atoms with E-state index < -0.39 is 23.8 Å². The van der Waals surface area contributed by atoms with Crippen molar-refractivity contribution in [3.8, 4) is 5.75 Å².